The second-order valence-corrected chi connectivity index (χ2v) is 12.5. The van der Waals surface area contributed by atoms with Gasteiger partial charge in [0.25, 0.3) is 0 Å². The van der Waals surface area contributed by atoms with Crippen molar-refractivity contribution >= 4 is 35.6 Å². The molecule has 28 heavy (non-hydrogen) atoms. The van der Waals surface area contributed by atoms with E-state index in [0.717, 1.165) is 16.5 Å². The quantitative estimate of drug-likeness (QED) is 0.417. The highest BCUT2D eigenvalue weighted by atomic mass is 32.2. The molecule has 156 valence electrons. The molecule has 0 fully saturated rings. The standard InChI is InChI=1S/C19H29N2O5PS/c1-19(2,3)28(26)20-17(9-10-18(22)23)27(24,25)12-11-14-13-21(4)16-8-6-5-7-15(14)16/h5-8,13,17,20H,9-12H2,1-4H3,(H,22,23)(H,24,25). The summed E-state index contributed by atoms with van der Waals surface area (Å²) < 4.78 is 29.6. The molecule has 0 amide bonds. The van der Waals surface area contributed by atoms with E-state index in [4.69, 9.17) is 5.11 Å². The van der Waals surface area contributed by atoms with E-state index in [0.29, 0.717) is 6.42 Å². The first kappa shape index (κ1) is 23.0. The van der Waals surface area contributed by atoms with E-state index in [2.05, 4.69) is 4.72 Å². The Morgan fingerprint density at radius 2 is 2.00 bits per heavy atom. The predicted molar refractivity (Wildman–Crippen MR) is 113 cm³/mol. The third-order valence-electron chi connectivity index (χ3n) is 4.60. The summed E-state index contributed by atoms with van der Waals surface area (Å²) in [6.45, 7) is 5.26. The molecular weight excluding hydrogens is 399 g/mol. The van der Waals surface area contributed by atoms with Gasteiger partial charge in [-0.25, -0.2) is 0 Å². The maximum absolute atomic E-state index is 13.1. The Labute approximate surface area is 168 Å². The molecule has 3 atom stereocenters. The van der Waals surface area contributed by atoms with Crippen LogP contribution in [0.5, 0.6) is 0 Å². The topological polar surface area (TPSA) is 115 Å². The fourth-order valence-corrected chi connectivity index (χ4v) is 6.03. The van der Waals surface area contributed by atoms with E-state index in [1.807, 2.05) is 42.1 Å². The van der Waals surface area contributed by atoms with Crippen molar-refractivity contribution in [2.75, 3.05) is 6.16 Å². The number of hydrogen-bond acceptors (Lipinski definition) is 4. The van der Waals surface area contributed by atoms with Gasteiger partial charge in [0.2, 0.25) is 7.37 Å². The number of fused-ring (bicyclic) bond motifs is 1. The molecule has 1 aromatic carbocycles. The van der Waals surface area contributed by atoms with E-state index in [1.54, 1.807) is 20.8 Å². The summed E-state index contributed by atoms with van der Waals surface area (Å²) in [6, 6.07) is 7.83. The van der Waals surface area contributed by atoms with Gasteiger partial charge in [-0.3, -0.25) is 9.36 Å². The average Bonchev–Trinajstić information content (AvgIpc) is 2.92. The molecule has 0 spiro atoms. The Morgan fingerprint density at radius 1 is 1.36 bits per heavy atom. The fraction of sp³-hybridized carbons (Fsp3) is 0.526. The molecule has 2 rings (SSSR count). The van der Waals surface area contributed by atoms with Gasteiger partial charge in [0.05, 0.1) is 0 Å². The smallest absolute Gasteiger partial charge is 0.303 e. The second-order valence-electron chi connectivity index (χ2n) is 7.96. The Hall–Kier alpha value is -1.31. The van der Waals surface area contributed by atoms with Gasteiger partial charge in [0.15, 0.2) is 0 Å². The molecule has 0 bridgehead atoms. The highest BCUT2D eigenvalue weighted by Crippen LogP contribution is 2.48. The van der Waals surface area contributed by atoms with E-state index in [9.17, 15) is 18.8 Å². The number of aromatic nitrogens is 1. The van der Waals surface area contributed by atoms with Gasteiger partial charge >= 0.3 is 5.97 Å². The molecule has 1 heterocycles. The summed E-state index contributed by atoms with van der Waals surface area (Å²) in [5, 5.41) is 10.00. The van der Waals surface area contributed by atoms with Crippen molar-refractivity contribution in [3.05, 3.63) is 36.0 Å². The molecule has 3 N–H and O–H groups in total. The highest BCUT2D eigenvalue weighted by Gasteiger charge is 2.38. The van der Waals surface area contributed by atoms with Crippen molar-refractivity contribution in [2.24, 2.45) is 7.05 Å². The Balaban J connectivity index is 2.18. The van der Waals surface area contributed by atoms with Crippen molar-refractivity contribution in [3.8, 4) is 0 Å². The molecule has 9 heteroatoms. The van der Waals surface area contributed by atoms with Crippen LogP contribution in [0.3, 0.4) is 0 Å². The van der Waals surface area contributed by atoms with Crippen molar-refractivity contribution in [3.63, 3.8) is 0 Å². The molecule has 0 saturated heterocycles. The van der Waals surface area contributed by atoms with Crippen LogP contribution in [0.4, 0.5) is 0 Å². The van der Waals surface area contributed by atoms with E-state index >= 15 is 0 Å². The van der Waals surface area contributed by atoms with Gasteiger partial charge in [0, 0.05) is 48.1 Å². The number of rotatable bonds is 9. The number of hydrogen-bond donors (Lipinski definition) is 3. The third kappa shape index (κ3) is 5.84. The lowest BCUT2D eigenvalue weighted by Crippen LogP contribution is -2.45. The third-order valence-corrected chi connectivity index (χ3v) is 8.61. The lowest BCUT2D eigenvalue weighted by atomic mass is 10.1. The lowest BCUT2D eigenvalue weighted by Gasteiger charge is -2.30. The SMILES string of the molecule is Cn1cc(CCP(=O)(O)C(CCC(=O)O)N[S+]([O-])C(C)(C)C)c2ccccc21. The number of benzene rings is 1. The summed E-state index contributed by atoms with van der Waals surface area (Å²) in [5.41, 5.74) is 2.00. The number of nitrogens with zero attached hydrogens (tertiary/aromatic N) is 1. The Morgan fingerprint density at radius 3 is 2.61 bits per heavy atom. The Bertz CT molecular complexity index is 877. The normalized spacial score (nSPS) is 16.6. The number of carbonyl (C=O) groups is 1. The molecule has 1 aromatic heterocycles. The Kier molecular flexibility index (Phi) is 7.39. The fourth-order valence-electron chi connectivity index (χ4n) is 2.96. The number of aliphatic carboxylic acids is 1. The van der Waals surface area contributed by atoms with Crippen LogP contribution in [-0.2, 0) is 34.2 Å². The zero-order valence-corrected chi connectivity index (χ0v) is 18.4. The van der Waals surface area contributed by atoms with Crippen LogP contribution < -0.4 is 4.72 Å². The van der Waals surface area contributed by atoms with Gasteiger partial charge in [-0.15, -0.1) is 4.72 Å². The molecule has 2 aromatic rings. The summed E-state index contributed by atoms with van der Waals surface area (Å²) >= 11 is -1.57. The molecule has 0 radical (unpaired) electrons. The molecular formula is C19H29N2O5PS. The van der Waals surface area contributed by atoms with Crippen LogP contribution in [0.25, 0.3) is 10.9 Å². The minimum atomic E-state index is -3.79. The minimum absolute atomic E-state index is 0.0142. The summed E-state index contributed by atoms with van der Waals surface area (Å²) in [5.74, 6) is -2.08. The first-order valence-electron chi connectivity index (χ1n) is 9.16. The molecule has 3 unspecified atom stereocenters. The summed E-state index contributed by atoms with van der Waals surface area (Å²) in [7, 11) is -1.87. The summed E-state index contributed by atoms with van der Waals surface area (Å²) in [4.78, 5) is 21.7. The maximum atomic E-state index is 13.1. The van der Waals surface area contributed by atoms with E-state index in [-0.39, 0.29) is 19.0 Å². The van der Waals surface area contributed by atoms with Crippen molar-refractivity contribution in [2.45, 2.75) is 50.6 Å². The molecule has 7 nitrogen and oxygen atoms in total. The van der Waals surface area contributed by atoms with E-state index < -0.39 is 35.2 Å². The average molecular weight is 428 g/mol. The van der Waals surface area contributed by atoms with Crippen LogP contribution in [0.15, 0.2) is 30.5 Å². The monoisotopic (exact) mass is 428 g/mol. The zero-order valence-electron chi connectivity index (χ0n) is 16.7. The van der Waals surface area contributed by atoms with Crippen molar-refractivity contribution < 1.29 is 23.9 Å². The number of carboxylic acid groups (broad SMARTS) is 1. The first-order chi connectivity index (χ1) is 12.9. The number of para-hydroxylation sites is 1. The molecule has 0 saturated carbocycles. The van der Waals surface area contributed by atoms with Gasteiger partial charge in [-0.1, -0.05) is 18.2 Å². The summed E-state index contributed by atoms with van der Waals surface area (Å²) in [6.07, 6.45) is 1.98. The van der Waals surface area contributed by atoms with Crippen LogP contribution in [0, 0.1) is 0 Å². The predicted octanol–water partition coefficient (Wildman–Crippen LogP) is 3.23. The lowest BCUT2D eigenvalue weighted by molar-refractivity contribution is -0.137. The van der Waals surface area contributed by atoms with E-state index in [1.165, 1.54) is 0 Å². The second kappa shape index (κ2) is 9.01. The first-order valence-corrected chi connectivity index (χ1v) is 12.2. The number of nitrogens with one attached hydrogen (secondary N) is 1. The van der Waals surface area contributed by atoms with Crippen LogP contribution in [-0.4, -0.2) is 41.8 Å². The van der Waals surface area contributed by atoms with Crippen molar-refractivity contribution in [1.82, 2.24) is 9.29 Å². The number of carboxylic acids is 1. The van der Waals surface area contributed by atoms with Crippen LogP contribution in [0.1, 0.15) is 39.2 Å². The minimum Gasteiger partial charge on any atom is -0.598 e. The van der Waals surface area contributed by atoms with Gasteiger partial charge in [0.1, 0.15) is 10.5 Å². The van der Waals surface area contributed by atoms with Crippen LogP contribution >= 0.6 is 7.37 Å². The van der Waals surface area contributed by atoms with Gasteiger partial charge in [-0.05, 0) is 45.2 Å². The van der Waals surface area contributed by atoms with Gasteiger partial charge in [-0.2, -0.15) is 0 Å². The zero-order chi connectivity index (χ0) is 21.1. The molecule has 0 aliphatic carbocycles. The van der Waals surface area contributed by atoms with Gasteiger partial charge < -0.3 is 19.1 Å². The molecule has 0 aliphatic heterocycles. The molecule has 0 aliphatic rings. The highest BCUT2D eigenvalue weighted by molar-refractivity contribution is 7.91. The largest absolute Gasteiger partial charge is 0.598 e. The number of aryl methyl sites for hydroxylation is 2. The van der Waals surface area contributed by atoms with Crippen molar-refractivity contribution in [1.29, 1.82) is 0 Å². The maximum Gasteiger partial charge on any atom is 0.303 e. The van der Waals surface area contributed by atoms with Crippen LogP contribution in [0.2, 0.25) is 0 Å².